The van der Waals surface area contributed by atoms with Gasteiger partial charge in [-0.05, 0) is 31.9 Å². The van der Waals surface area contributed by atoms with Crippen molar-refractivity contribution in [2.75, 3.05) is 6.54 Å². The number of hydrogen-bond acceptors (Lipinski definition) is 1. The largest absolute Gasteiger partial charge is 0.352 e. The number of halogens is 1. The second-order valence-corrected chi connectivity index (χ2v) is 4.44. The zero-order valence-corrected chi connectivity index (χ0v) is 10.2. The first-order valence-electron chi connectivity index (χ1n) is 5.98. The topological polar surface area (TPSA) is 36.4 Å². The van der Waals surface area contributed by atoms with Crippen LogP contribution in [0.25, 0.3) is 0 Å². The van der Waals surface area contributed by atoms with Gasteiger partial charge in [0.25, 0.3) is 0 Å². The average molecular weight is 235 g/mol. The van der Waals surface area contributed by atoms with Crippen LogP contribution in [0.5, 0.6) is 0 Å². The van der Waals surface area contributed by atoms with Crippen molar-refractivity contribution in [2.24, 2.45) is 4.99 Å². The highest BCUT2D eigenvalue weighted by molar-refractivity contribution is 5.82. The van der Waals surface area contributed by atoms with Gasteiger partial charge in [-0.2, -0.15) is 0 Å². The zero-order chi connectivity index (χ0) is 12.3. The van der Waals surface area contributed by atoms with E-state index in [1.54, 1.807) is 12.1 Å². The van der Waals surface area contributed by atoms with Gasteiger partial charge in [-0.15, -0.1) is 0 Å². The molecule has 0 saturated carbocycles. The molecule has 1 aliphatic rings. The van der Waals surface area contributed by atoms with E-state index in [2.05, 4.69) is 29.5 Å². The third-order valence-electron chi connectivity index (χ3n) is 3.09. The van der Waals surface area contributed by atoms with Crippen LogP contribution in [0.4, 0.5) is 4.39 Å². The molecule has 0 spiro atoms. The number of nitrogens with zero attached hydrogens (tertiary/aromatic N) is 1. The highest BCUT2D eigenvalue weighted by Gasteiger charge is 2.21. The molecule has 1 aliphatic heterocycles. The monoisotopic (exact) mass is 235 g/mol. The summed E-state index contributed by atoms with van der Waals surface area (Å²) >= 11 is 0. The molecule has 17 heavy (non-hydrogen) atoms. The molecular formula is C13H18FN3. The Morgan fingerprint density at radius 2 is 1.82 bits per heavy atom. The van der Waals surface area contributed by atoms with Gasteiger partial charge in [0.05, 0.1) is 0 Å². The lowest BCUT2D eigenvalue weighted by atomic mass is 10.1. The summed E-state index contributed by atoms with van der Waals surface area (Å²) in [7, 11) is 0. The Labute approximate surface area is 101 Å². The van der Waals surface area contributed by atoms with Gasteiger partial charge in [0.15, 0.2) is 5.96 Å². The molecule has 1 aromatic rings. The molecule has 1 aromatic carbocycles. The molecule has 1 fully saturated rings. The van der Waals surface area contributed by atoms with Gasteiger partial charge < -0.3 is 10.6 Å². The van der Waals surface area contributed by atoms with Crippen molar-refractivity contribution in [1.82, 2.24) is 10.6 Å². The maximum Gasteiger partial charge on any atom is 0.191 e. The summed E-state index contributed by atoms with van der Waals surface area (Å²) in [5.74, 6) is 0.670. The maximum absolute atomic E-state index is 13.3. The Morgan fingerprint density at radius 1 is 1.18 bits per heavy atom. The summed E-state index contributed by atoms with van der Waals surface area (Å²) in [5.41, 5.74) is 0.718. The number of benzene rings is 1. The standard InChI is InChI=1S/C13H18FN3/c1-9-10(2)17-13(16-9)15-8-7-11-5-3-4-6-12(11)14/h3-6,9-10H,7-8H2,1-2H3,(H2,15,16,17)/t9-,10+. The lowest BCUT2D eigenvalue weighted by Gasteiger charge is -2.04. The van der Waals surface area contributed by atoms with Gasteiger partial charge in [0.2, 0.25) is 0 Å². The second-order valence-electron chi connectivity index (χ2n) is 4.44. The van der Waals surface area contributed by atoms with Gasteiger partial charge in [-0.1, -0.05) is 18.2 Å². The van der Waals surface area contributed by atoms with Crippen LogP contribution < -0.4 is 10.6 Å². The number of nitrogens with one attached hydrogen (secondary N) is 2. The van der Waals surface area contributed by atoms with Gasteiger partial charge in [0.1, 0.15) is 5.82 Å². The van der Waals surface area contributed by atoms with E-state index in [1.807, 2.05) is 6.07 Å². The quantitative estimate of drug-likeness (QED) is 0.836. The Hall–Kier alpha value is -1.58. The Bertz CT molecular complexity index is 405. The van der Waals surface area contributed by atoms with Crippen molar-refractivity contribution in [2.45, 2.75) is 32.4 Å². The predicted molar refractivity (Wildman–Crippen MR) is 67.6 cm³/mol. The van der Waals surface area contributed by atoms with E-state index in [-0.39, 0.29) is 5.82 Å². The van der Waals surface area contributed by atoms with E-state index in [4.69, 9.17) is 0 Å². The first kappa shape index (κ1) is 11.9. The molecule has 0 unspecified atom stereocenters. The summed E-state index contributed by atoms with van der Waals surface area (Å²) in [6, 6.07) is 7.62. The fourth-order valence-electron chi connectivity index (χ4n) is 1.80. The first-order chi connectivity index (χ1) is 8.16. The van der Waals surface area contributed by atoms with Gasteiger partial charge in [-0.3, -0.25) is 4.99 Å². The minimum atomic E-state index is -0.151. The molecule has 2 rings (SSSR count). The van der Waals surface area contributed by atoms with Gasteiger partial charge >= 0.3 is 0 Å². The molecule has 0 amide bonds. The molecule has 3 nitrogen and oxygen atoms in total. The van der Waals surface area contributed by atoms with Gasteiger partial charge in [0, 0.05) is 18.6 Å². The number of rotatable bonds is 3. The van der Waals surface area contributed by atoms with Crippen LogP contribution in [0.1, 0.15) is 19.4 Å². The Morgan fingerprint density at radius 3 is 2.47 bits per heavy atom. The van der Waals surface area contributed by atoms with E-state index >= 15 is 0 Å². The molecule has 1 saturated heterocycles. The lowest BCUT2D eigenvalue weighted by molar-refractivity contribution is 0.583. The summed E-state index contributed by atoms with van der Waals surface area (Å²) in [5, 5.41) is 6.50. The van der Waals surface area contributed by atoms with Crippen LogP contribution in [-0.4, -0.2) is 24.6 Å². The fraction of sp³-hybridized carbons (Fsp3) is 0.462. The van der Waals surface area contributed by atoms with E-state index in [1.165, 1.54) is 6.07 Å². The van der Waals surface area contributed by atoms with Crippen LogP contribution in [0.2, 0.25) is 0 Å². The van der Waals surface area contributed by atoms with Crippen molar-refractivity contribution in [3.63, 3.8) is 0 Å². The summed E-state index contributed by atoms with van der Waals surface area (Å²) in [4.78, 5) is 4.39. The molecule has 0 bridgehead atoms. The molecule has 2 N–H and O–H groups in total. The molecule has 0 aromatic heterocycles. The van der Waals surface area contributed by atoms with Crippen molar-refractivity contribution < 1.29 is 4.39 Å². The van der Waals surface area contributed by atoms with Crippen molar-refractivity contribution in [3.8, 4) is 0 Å². The number of aliphatic imine (C=N–C) groups is 1. The molecule has 2 atom stereocenters. The number of hydrogen-bond donors (Lipinski definition) is 2. The molecule has 4 heteroatoms. The van der Waals surface area contributed by atoms with Crippen LogP contribution in [0.3, 0.4) is 0 Å². The molecule has 0 radical (unpaired) electrons. The lowest BCUT2D eigenvalue weighted by Crippen LogP contribution is -2.26. The smallest absolute Gasteiger partial charge is 0.191 e. The normalized spacial score (nSPS) is 25.7. The van der Waals surface area contributed by atoms with E-state index < -0.39 is 0 Å². The van der Waals surface area contributed by atoms with Crippen LogP contribution in [-0.2, 0) is 6.42 Å². The van der Waals surface area contributed by atoms with Crippen LogP contribution >= 0.6 is 0 Å². The zero-order valence-electron chi connectivity index (χ0n) is 10.2. The second kappa shape index (κ2) is 5.17. The highest BCUT2D eigenvalue weighted by Crippen LogP contribution is 2.07. The number of guanidine groups is 1. The molecule has 0 aliphatic carbocycles. The first-order valence-corrected chi connectivity index (χ1v) is 5.98. The minimum absolute atomic E-state index is 0.151. The van der Waals surface area contributed by atoms with Crippen molar-refractivity contribution in [3.05, 3.63) is 35.6 Å². The van der Waals surface area contributed by atoms with Crippen LogP contribution in [0.15, 0.2) is 29.3 Å². The Kier molecular flexibility index (Phi) is 3.61. The van der Waals surface area contributed by atoms with Crippen LogP contribution in [0, 0.1) is 5.82 Å². The molecule has 92 valence electrons. The van der Waals surface area contributed by atoms with E-state index in [0.29, 0.717) is 25.0 Å². The average Bonchev–Trinajstić information content (AvgIpc) is 2.61. The SMILES string of the molecule is C[C@@H]1NC(=NCCc2ccccc2F)N[C@@H]1C. The van der Waals surface area contributed by atoms with Crippen molar-refractivity contribution >= 4 is 5.96 Å². The summed E-state index contributed by atoms with van der Waals surface area (Å²) in [6.45, 7) is 4.81. The third-order valence-corrected chi connectivity index (χ3v) is 3.09. The maximum atomic E-state index is 13.3. The van der Waals surface area contributed by atoms with E-state index in [0.717, 1.165) is 11.5 Å². The fourth-order valence-corrected chi connectivity index (χ4v) is 1.80. The van der Waals surface area contributed by atoms with Gasteiger partial charge in [-0.25, -0.2) is 4.39 Å². The molecule has 1 heterocycles. The Balaban J connectivity index is 1.88. The minimum Gasteiger partial charge on any atom is -0.352 e. The van der Waals surface area contributed by atoms with E-state index in [9.17, 15) is 4.39 Å². The highest BCUT2D eigenvalue weighted by atomic mass is 19.1. The summed E-state index contributed by atoms with van der Waals surface area (Å²) < 4.78 is 13.3. The molecular weight excluding hydrogens is 217 g/mol. The van der Waals surface area contributed by atoms with Crippen molar-refractivity contribution in [1.29, 1.82) is 0 Å². The third kappa shape index (κ3) is 2.96. The summed E-state index contributed by atoms with van der Waals surface area (Å²) in [6.07, 6.45) is 0.627. The predicted octanol–water partition coefficient (Wildman–Crippen LogP) is 1.69.